The number of nitrogens with one attached hydrogen (secondary N) is 1. The molecule has 0 aliphatic rings. The molecule has 2 heterocycles. The molecule has 2 aromatic rings. The van der Waals surface area contributed by atoms with Crippen LogP contribution in [0.15, 0.2) is 18.5 Å². The zero-order valence-electron chi connectivity index (χ0n) is 7.28. The van der Waals surface area contributed by atoms with Crippen molar-refractivity contribution in [2.45, 2.75) is 0 Å². The fraction of sp³-hybridized carbons (Fsp3) is 0. The monoisotopic (exact) mass is 223 g/mol. The lowest BCUT2D eigenvalue weighted by Gasteiger charge is -1.98. The third-order valence-electron chi connectivity index (χ3n) is 1.99. The normalized spacial score (nSPS) is 10.5. The van der Waals surface area contributed by atoms with Gasteiger partial charge in [-0.15, -0.1) is 0 Å². The second kappa shape index (κ2) is 3.36. The Labute approximate surface area is 88.7 Å². The first-order valence-electron chi connectivity index (χ1n) is 3.98. The van der Waals surface area contributed by atoms with Crippen molar-refractivity contribution in [3.63, 3.8) is 0 Å². The lowest BCUT2D eigenvalue weighted by molar-refractivity contribution is -0.296. The molecule has 0 unspecified atom stereocenters. The Balaban J connectivity index is 2.69. The number of H-pyrrole nitrogens is 1. The van der Waals surface area contributed by atoms with Crippen LogP contribution in [0.25, 0.3) is 10.9 Å². The van der Waals surface area contributed by atoms with E-state index >= 15 is 0 Å². The van der Waals surface area contributed by atoms with Crippen LogP contribution in [-0.4, -0.2) is 21.7 Å². The van der Waals surface area contributed by atoms with Crippen molar-refractivity contribution in [1.82, 2.24) is 9.97 Å². The standard InChI is InChI=1S/C9H5ClN2O3/c10-8-6-4(1-2-11-8)5(3-12-6)7(13)9(14)15/h1-3,12H,(H,14,15)/p-1. The van der Waals surface area contributed by atoms with Crippen molar-refractivity contribution in [3.05, 3.63) is 29.2 Å². The fourth-order valence-electron chi connectivity index (χ4n) is 1.32. The summed E-state index contributed by atoms with van der Waals surface area (Å²) in [5, 5.41) is 11.0. The van der Waals surface area contributed by atoms with Crippen LogP contribution >= 0.6 is 11.6 Å². The average Bonchev–Trinajstić information content (AvgIpc) is 2.61. The molecule has 0 aliphatic carbocycles. The number of pyridine rings is 1. The number of carbonyl (C=O) groups is 2. The van der Waals surface area contributed by atoms with Gasteiger partial charge in [-0.05, 0) is 6.07 Å². The summed E-state index contributed by atoms with van der Waals surface area (Å²) in [5.74, 6) is -2.83. The first kappa shape index (κ1) is 9.67. The summed E-state index contributed by atoms with van der Waals surface area (Å²) < 4.78 is 0. The Morgan fingerprint density at radius 3 is 2.87 bits per heavy atom. The Morgan fingerprint density at radius 2 is 2.20 bits per heavy atom. The van der Waals surface area contributed by atoms with Crippen molar-refractivity contribution >= 4 is 34.3 Å². The number of fused-ring (bicyclic) bond motifs is 1. The summed E-state index contributed by atoms with van der Waals surface area (Å²) in [4.78, 5) is 28.1. The minimum absolute atomic E-state index is 0.0225. The Hall–Kier alpha value is -1.88. The van der Waals surface area contributed by atoms with E-state index in [-0.39, 0.29) is 10.7 Å². The first-order valence-corrected chi connectivity index (χ1v) is 4.36. The molecule has 0 saturated carbocycles. The van der Waals surface area contributed by atoms with Crippen molar-refractivity contribution in [2.24, 2.45) is 0 Å². The van der Waals surface area contributed by atoms with Crippen molar-refractivity contribution in [1.29, 1.82) is 0 Å². The number of aromatic nitrogens is 2. The molecule has 0 saturated heterocycles. The molecule has 0 atom stereocenters. The lowest BCUT2D eigenvalue weighted by atomic mass is 10.1. The molecule has 15 heavy (non-hydrogen) atoms. The molecule has 2 rings (SSSR count). The largest absolute Gasteiger partial charge is 0.541 e. The average molecular weight is 224 g/mol. The van der Waals surface area contributed by atoms with E-state index in [1.165, 1.54) is 18.5 Å². The van der Waals surface area contributed by atoms with E-state index in [0.717, 1.165) is 0 Å². The molecule has 2 aromatic heterocycles. The number of ketones is 1. The van der Waals surface area contributed by atoms with E-state index < -0.39 is 11.8 Å². The highest BCUT2D eigenvalue weighted by molar-refractivity contribution is 6.42. The van der Waals surface area contributed by atoms with Gasteiger partial charge in [-0.3, -0.25) is 4.79 Å². The maximum atomic E-state index is 11.2. The number of carbonyl (C=O) groups excluding carboxylic acids is 2. The number of rotatable bonds is 2. The summed E-state index contributed by atoms with van der Waals surface area (Å²) in [6.45, 7) is 0. The van der Waals surface area contributed by atoms with E-state index in [1.54, 1.807) is 0 Å². The smallest absolute Gasteiger partial charge is 0.210 e. The van der Waals surface area contributed by atoms with Crippen LogP contribution < -0.4 is 5.11 Å². The molecule has 0 spiro atoms. The molecule has 1 N–H and O–H groups in total. The summed E-state index contributed by atoms with van der Waals surface area (Å²) in [6, 6.07) is 1.51. The van der Waals surface area contributed by atoms with Crippen LogP contribution in [0.4, 0.5) is 0 Å². The molecule has 5 nitrogen and oxygen atoms in total. The van der Waals surface area contributed by atoms with E-state index in [0.29, 0.717) is 10.9 Å². The van der Waals surface area contributed by atoms with E-state index in [4.69, 9.17) is 11.6 Å². The zero-order valence-corrected chi connectivity index (χ0v) is 8.04. The second-order valence-corrected chi connectivity index (χ2v) is 3.20. The van der Waals surface area contributed by atoms with Crippen LogP contribution in [0.1, 0.15) is 10.4 Å². The van der Waals surface area contributed by atoms with Gasteiger partial charge in [0.15, 0.2) is 5.15 Å². The van der Waals surface area contributed by atoms with E-state index in [2.05, 4.69) is 9.97 Å². The lowest BCUT2D eigenvalue weighted by Crippen LogP contribution is -2.31. The van der Waals surface area contributed by atoms with Crippen LogP contribution in [0.2, 0.25) is 5.15 Å². The molecular formula is C9H4ClN2O3-. The molecule has 0 aliphatic heterocycles. The number of Topliss-reactive ketones (excluding diaryl/α,β-unsaturated/α-hetero) is 1. The fourth-order valence-corrected chi connectivity index (χ4v) is 1.53. The molecule has 0 bridgehead atoms. The number of aromatic amines is 1. The molecule has 0 fully saturated rings. The third kappa shape index (κ3) is 1.46. The van der Waals surface area contributed by atoms with E-state index in [9.17, 15) is 14.7 Å². The molecular weight excluding hydrogens is 220 g/mol. The van der Waals surface area contributed by atoms with Crippen LogP contribution in [0.3, 0.4) is 0 Å². The third-order valence-corrected chi connectivity index (χ3v) is 2.27. The summed E-state index contributed by atoms with van der Waals surface area (Å²) in [7, 11) is 0. The van der Waals surface area contributed by atoms with Crippen LogP contribution in [0, 0.1) is 0 Å². The van der Waals surface area contributed by atoms with Gasteiger partial charge in [0, 0.05) is 23.3 Å². The van der Waals surface area contributed by atoms with Gasteiger partial charge in [-0.2, -0.15) is 0 Å². The molecule has 76 valence electrons. The minimum atomic E-state index is -1.75. The Kier molecular flexibility index (Phi) is 2.17. The van der Waals surface area contributed by atoms with Gasteiger partial charge in [0.1, 0.15) is 5.97 Å². The highest BCUT2D eigenvalue weighted by Gasteiger charge is 2.14. The second-order valence-electron chi connectivity index (χ2n) is 2.84. The summed E-state index contributed by atoms with van der Waals surface area (Å²) in [5.41, 5.74) is 0.457. The number of hydrogen-bond acceptors (Lipinski definition) is 4. The van der Waals surface area contributed by atoms with Gasteiger partial charge >= 0.3 is 0 Å². The van der Waals surface area contributed by atoms with Gasteiger partial charge in [-0.1, -0.05) is 11.6 Å². The number of carboxylic acids is 1. The van der Waals surface area contributed by atoms with Crippen molar-refractivity contribution in [3.8, 4) is 0 Å². The topological polar surface area (TPSA) is 85.9 Å². The van der Waals surface area contributed by atoms with E-state index in [1.807, 2.05) is 0 Å². The highest BCUT2D eigenvalue weighted by atomic mass is 35.5. The number of carboxylic acid groups (broad SMARTS) is 1. The van der Waals surface area contributed by atoms with Crippen LogP contribution in [-0.2, 0) is 4.79 Å². The summed E-state index contributed by atoms with van der Waals surface area (Å²) >= 11 is 5.74. The Bertz CT molecular complexity index is 561. The minimum Gasteiger partial charge on any atom is -0.541 e. The van der Waals surface area contributed by atoms with Crippen molar-refractivity contribution in [2.75, 3.05) is 0 Å². The highest BCUT2D eigenvalue weighted by Crippen LogP contribution is 2.23. The molecule has 0 amide bonds. The molecule has 6 heteroatoms. The predicted molar refractivity (Wildman–Crippen MR) is 50.4 cm³/mol. The van der Waals surface area contributed by atoms with Gasteiger partial charge in [0.05, 0.1) is 5.52 Å². The van der Waals surface area contributed by atoms with Crippen LogP contribution in [0.5, 0.6) is 0 Å². The van der Waals surface area contributed by atoms with Crippen molar-refractivity contribution < 1.29 is 14.7 Å². The zero-order chi connectivity index (χ0) is 11.0. The number of hydrogen-bond donors (Lipinski definition) is 1. The maximum Gasteiger partial charge on any atom is 0.210 e. The number of nitrogens with zero attached hydrogens (tertiary/aromatic N) is 1. The van der Waals surface area contributed by atoms with Gasteiger partial charge in [0.2, 0.25) is 5.78 Å². The SMILES string of the molecule is O=C([O-])C(=O)c1c[nH]c2c(Cl)nccc12. The first-order chi connectivity index (χ1) is 7.11. The summed E-state index contributed by atoms with van der Waals surface area (Å²) in [6.07, 6.45) is 2.67. The van der Waals surface area contributed by atoms with Gasteiger partial charge < -0.3 is 14.9 Å². The van der Waals surface area contributed by atoms with Gasteiger partial charge in [0.25, 0.3) is 0 Å². The van der Waals surface area contributed by atoms with Gasteiger partial charge in [-0.25, -0.2) is 4.98 Å². The number of halogens is 1. The molecule has 0 aromatic carbocycles. The number of aliphatic carboxylic acids is 1. The molecule has 0 radical (unpaired) electrons. The Morgan fingerprint density at radius 1 is 1.47 bits per heavy atom. The quantitative estimate of drug-likeness (QED) is 0.446. The predicted octanol–water partition coefficient (Wildman–Crippen LogP) is 0.149. The maximum absolute atomic E-state index is 11.2.